The van der Waals surface area contributed by atoms with Crippen LogP contribution in [0.25, 0.3) is 21.9 Å². The van der Waals surface area contributed by atoms with Gasteiger partial charge in [-0.2, -0.15) is 0 Å². The summed E-state index contributed by atoms with van der Waals surface area (Å²) in [5, 5.41) is 1.03. The van der Waals surface area contributed by atoms with Gasteiger partial charge in [-0.15, -0.1) is 0 Å². The van der Waals surface area contributed by atoms with Crippen LogP contribution in [0.4, 0.5) is 0 Å². The van der Waals surface area contributed by atoms with Crippen molar-refractivity contribution in [3.05, 3.63) is 36.3 Å². The Kier molecular flexibility index (Phi) is 5.61. The minimum atomic E-state index is -3.08. The van der Waals surface area contributed by atoms with Gasteiger partial charge in [-0.05, 0) is 18.4 Å². The van der Waals surface area contributed by atoms with Crippen LogP contribution in [0, 0.1) is 5.92 Å². The van der Waals surface area contributed by atoms with E-state index in [9.17, 15) is 8.42 Å². The van der Waals surface area contributed by atoms with E-state index in [1.807, 2.05) is 38.1 Å². The number of rotatable bonds is 8. The summed E-state index contributed by atoms with van der Waals surface area (Å²) >= 11 is 0. The predicted octanol–water partition coefficient (Wildman–Crippen LogP) is 4.00. The molecule has 26 heavy (non-hydrogen) atoms. The quantitative estimate of drug-likeness (QED) is 0.599. The fourth-order valence-electron chi connectivity index (χ4n) is 3.40. The zero-order valence-electron chi connectivity index (χ0n) is 15.8. The zero-order valence-corrected chi connectivity index (χ0v) is 16.6. The third-order valence-corrected chi connectivity index (χ3v) is 6.50. The molecule has 3 rings (SSSR count). The van der Waals surface area contributed by atoms with Gasteiger partial charge >= 0.3 is 0 Å². The topological polar surface area (TPSA) is 64.8 Å². The van der Waals surface area contributed by atoms with Crippen molar-refractivity contribution >= 4 is 31.8 Å². The van der Waals surface area contributed by atoms with Crippen molar-refractivity contribution in [1.82, 2.24) is 14.5 Å². The third kappa shape index (κ3) is 4.06. The van der Waals surface area contributed by atoms with Gasteiger partial charge in [-0.1, -0.05) is 45.4 Å². The van der Waals surface area contributed by atoms with E-state index in [2.05, 4.69) is 16.5 Å². The number of hydrogen-bond donors (Lipinski definition) is 0. The molecule has 0 atom stereocenters. The van der Waals surface area contributed by atoms with Gasteiger partial charge in [0.2, 0.25) is 0 Å². The highest BCUT2D eigenvalue weighted by Gasteiger charge is 2.18. The van der Waals surface area contributed by atoms with Crippen LogP contribution in [0.2, 0.25) is 0 Å². The number of aromatic nitrogens is 3. The van der Waals surface area contributed by atoms with E-state index < -0.39 is 9.84 Å². The van der Waals surface area contributed by atoms with Crippen LogP contribution < -0.4 is 0 Å². The first-order valence-electron chi connectivity index (χ1n) is 9.34. The average Bonchev–Trinajstić information content (AvgIpc) is 2.95. The number of nitrogens with zero attached hydrogens (tertiary/aromatic N) is 3. The van der Waals surface area contributed by atoms with Gasteiger partial charge in [0.1, 0.15) is 11.3 Å². The van der Waals surface area contributed by atoms with Crippen LogP contribution in [0.3, 0.4) is 0 Å². The lowest BCUT2D eigenvalue weighted by atomic mass is 10.2. The van der Waals surface area contributed by atoms with Crippen molar-refractivity contribution in [2.45, 2.75) is 46.6 Å². The summed E-state index contributed by atoms with van der Waals surface area (Å²) in [6.07, 6.45) is 4.76. The number of unbranched alkanes of at least 4 members (excludes halogenated alkanes) is 1. The molecular formula is C20H27N3O2S. The fraction of sp³-hybridized carbons (Fsp3) is 0.500. The first kappa shape index (κ1) is 18.8. The second-order valence-corrected chi connectivity index (χ2v) is 9.53. The SMILES string of the molecule is CCCCc1nc2cnc3ccccc3c2n1CCS(=O)(=O)CC(C)C. The summed E-state index contributed by atoms with van der Waals surface area (Å²) in [5.74, 6) is 1.47. The number of sulfone groups is 1. The summed E-state index contributed by atoms with van der Waals surface area (Å²) in [6.45, 7) is 6.47. The van der Waals surface area contributed by atoms with E-state index in [-0.39, 0.29) is 17.4 Å². The number of fused-ring (bicyclic) bond motifs is 3. The van der Waals surface area contributed by atoms with Crippen LogP contribution in [0.1, 0.15) is 39.4 Å². The molecule has 6 heteroatoms. The lowest BCUT2D eigenvalue weighted by molar-refractivity contribution is 0.574. The summed E-state index contributed by atoms with van der Waals surface area (Å²) < 4.78 is 26.9. The standard InChI is InChI=1S/C20H27N3O2S/c1-4-5-10-19-22-18-13-21-17-9-7-6-8-16(17)20(18)23(19)11-12-26(24,25)14-15(2)3/h6-9,13,15H,4-5,10-12,14H2,1-3H3. The zero-order chi connectivity index (χ0) is 18.7. The van der Waals surface area contributed by atoms with Crippen molar-refractivity contribution in [3.8, 4) is 0 Å². The van der Waals surface area contributed by atoms with Crippen molar-refractivity contribution in [3.63, 3.8) is 0 Å². The molecule has 0 saturated carbocycles. The molecule has 0 aliphatic carbocycles. The Bertz CT molecular complexity index is 1010. The Balaban J connectivity index is 2.06. The van der Waals surface area contributed by atoms with Gasteiger partial charge < -0.3 is 4.57 Å². The smallest absolute Gasteiger partial charge is 0.152 e. The van der Waals surface area contributed by atoms with Crippen LogP contribution in [0.5, 0.6) is 0 Å². The molecule has 2 aromatic heterocycles. The van der Waals surface area contributed by atoms with E-state index in [1.165, 1.54) is 0 Å². The highest BCUT2D eigenvalue weighted by molar-refractivity contribution is 7.91. The summed E-state index contributed by atoms with van der Waals surface area (Å²) in [4.78, 5) is 9.27. The van der Waals surface area contributed by atoms with Gasteiger partial charge in [0.25, 0.3) is 0 Å². The number of imidazole rings is 1. The lowest BCUT2D eigenvalue weighted by Gasteiger charge is -2.12. The van der Waals surface area contributed by atoms with Crippen LogP contribution in [-0.2, 0) is 22.8 Å². The molecule has 5 nitrogen and oxygen atoms in total. The minimum Gasteiger partial charge on any atom is -0.326 e. The fourth-order valence-corrected chi connectivity index (χ4v) is 5.04. The molecular weight excluding hydrogens is 346 g/mol. The van der Waals surface area contributed by atoms with Gasteiger partial charge in [0.05, 0.1) is 28.7 Å². The number of aryl methyl sites for hydroxylation is 2. The molecule has 0 radical (unpaired) electrons. The first-order valence-corrected chi connectivity index (χ1v) is 11.2. The van der Waals surface area contributed by atoms with Gasteiger partial charge in [-0.25, -0.2) is 13.4 Å². The minimum absolute atomic E-state index is 0.143. The van der Waals surface area contributed by atoms with Crippen molar-refractivity contribution in [2.24, 2.45) is 5.92 Å². The number of benzene rings is 1. The molecule has 0 spiro atoms. The molecule has 2 heterocycles. The molecule has 0 aliphatic heterocycles. The predicted molar refractivity (Wildman–Crippen MR) is 107 cm³/mol. The first-order chi connectivity index (χ1) is 12.4. The Morgan fingerprint density at radius 1 is 1.15 bits per heavy atom. The molecule has 0 amide bonds. The molecule has 1 aromatic carbocycles. The number of para-hydroxylation sites is 1. The maximum absolute atomic E-state index is 12.4. The number of pyridine rings is 1. The van der Waals surface area contributed by atoms with Crippen LogP contribution >= 0.6 is 0 Å². The van der Waals surface area contributed by atoms with Gasteiger partial charge in [0.15, 0.2) is 9.84 Å². The highest BCUT2D eigenvalue weighted by atomic mass is 32.2. The van der Waals surface area contributed by atoms with E-state index in [0.717, 1.165) is 47.0 Å². The van der Waals surface area contributed by atoms with Crippen molar-refractivity contribution < 1.29 is 8.42 Å². The molecule has 0 aliphatic rings. The summed E-state index contributed by atoms with van der Waals surface area (Å²) in [7, 11) is -3.08. The van der Waals surface area contributed by atoms with Crippen molar-refractivity contribution in [1.29, 1.82) is 0 Å². The molecule has 0 saturated heterocycles. The van der Waals surface area contributed by atoms with E-state index in [1.54, 1.807) is 6.20 Å². The normalized spacial score (nSPS) is 12.5. The van der Waals surface area contributed by atoms with E-state index >= 15 is 0 Å². The monoisotopic (exact) mass is 373 g/mol. The molecule has 0 unspecified atom stereocenters. The Labute approximate surface area is 155 Å². The summed E-state index contributed by atoms with van der Waals surface area (Å²) in [5.41, 5.74) is 2.76. The maximum Gasteiger partial charge on any atom is 0.152 e. The Morgan fingerprint density at radius 2 is 1.92 bits per heavy atom. The second-order valence-electron chi connectivity index (χ2n) is 7.30. The average molecular weight is 374 g/mol. The largest absolute Gasteiger partial charge is 0.326 e. The lowest BCUT2D eigenvalue weighted by Crippen LogP contribution is -2.20. The third-order valence-electron chi connectivity index (χ3n) is 4.53. The van der Waals surface area contributed by atoms with E-state index in [4.69, 9.17) is 4.98 Å². The number of hydrogen-bond acceptors (Lipinski definition) is 4. The van der Waals surface area contributed by atoms with Crippen LogP contribution in [-0.4, -0.2) is 34.5 Å². The molecule has 3 aromatic rings. The van der Waals surface area contributed by atoms with E-state index in [0.29, 0.717) is 6.54 Å². The maximum atomic E-state index is 12.4. The van der Waals surface area contributed by atoms with Crippen LogP contribution in [0.15, 0.2) is 30.5 Å². The second kappa shape index (κ2) is 7.74. The molecule has 140 valence electrons. The van der Waals surface area contributed by atoms with Gasteiger partial charge in [-0.3, -0.25) is 4.98 Å². The Hall–Kier alpha value is -1.95. The molecule has 0 bridgehead atoms. The van der Waals surface area contributed by atoms with Crippen molar-refractivity contribution in [2.75, 3.05) is 11.5 Å². The Morgan fingerprint density at radius 3 is 2.65 bits per heavy atom. The van der Waals surface area contributed by atoms with Gasteiger partial charge in [0, 0.05) is 18.4 Å². The molecule has 0 fully saturated rings. The molecule has 0 N–H and O–H groups in total. The summed E-state index contributed by atoms with van der Waals surface area (Å²) in [6, 6.07) is 7.97. The highest BCUT2D eigenvalue weighted by Crippen LogP contribution is 2.25.